The molecule has 3 rings (SSSR count). The standard InChI is InChI=1S/C20H18FN3OS/c1-13(20(25)24-17-10-8-16(21)9-11-17)26-19-12-18(22-14(2)23-19)15-6-4-3-5-7-15/h3-13H,1-2H3,(H,24,25). The Kier molecular flexibility index (Phi) is 5.63. The van der Waals surface area contributed by atoms with Gasteiger partial charge < -0.3 is 5.32 Å². The molecule has 1 atom stereocenters. The van der Waals surface area contributed by atoms with Crippen molar-refractivity contribution in [3.05, 3.63) is 72.3 Å². The quantitative estimate of drug-likeness (QED) is 0.524. The Hall–Kier alpha value is -2.73. The van der Waals surface area contributed by atoms with Gasteiger partial charge in [-0.2, -0.15) is 0 Å². The molecule has 3 aromatic rings. The summed E-state index contributed by atoms with van der Waals surface area (Å²) in [4.78, 5) is 21.3. The molecule has 0 aliphatic rings. The van der Waals surface area contributed by atoms with Crippen molar-refractivity contribution in [1.29, 1.82) is 0 Å². The van der Waals surface area contributed by atoms with Crippen molar-refractivity contribution in [2.45, 2.75) is 24.1 Å². The Bertz CT molecular complexity index is 901. The van der Waals surface area contributed by atoms with E-state index >= 15 is 0 Å². The number of thioether (sulfide) groups is 1. The monoisotopic (exact) mass is 367 g/mol. The molecular weight excluding hydrogens is 349 g/mol. The van der Waals surface area contributed by atoms with Crippen LogP contribution in [-0.2, 0) is 4.79 Å². The van der Waals surface area contributed by atoms with E-state index in [0.717, 1.165) is 16.3 Å². The number of nitrogens with one attached hydrogen (secondary N) is 1. The highest BCUT2D eigenvalue weighted by atomic mass is 32.2. The van der Waals surface area contributed by atoms with Crippen LogP contribution < -0.4 is 5.32 Å². The molecule has 26 heavy (non-hydrogen) atoms. The average molecular weight is 367 g/mol. The van der Waals surface area contributed by atoms with Gasteiger partial charge in [0.15, 0.2) is 0 Å². The number of carbonyl (C=O) groups excluding carboxylic acids is 1. The molecule has 132 valence electrons. The van der Waals surface area contributed by atoms with Gasteiger partial charge in [0.2, 0.25) is 5.91 Å². The van der Waals surface area contributed by atoms with Crippen molar-refractivity contribution in [1.82, 2.24) is 9.97 Å². The summed E-state index contributed by atoms with van der Waals surface area (Å²) in [6.45, 7) is 3.64. The maximum absolute atomic E-state index is 13.0. The highest BCUT2D eigenvalue weighted by molar-refractivity contribution is 8.00. The number of benzene rings is 2. The van der Waals surface area contributed by atoms with Gasteiger partial charge in [-0.05, 0) is 44.2 Å². The second-order valence-corrected chi connectivity index (χ2v) is 7.12. The Labute approximate surface area is 155 Å². The molecule has 6 heteroatoms. The van der Waals surface area contributed by atoms with Crippen LogP contribution in [0.25, 0.3) is 11.3 Å². The van der Waals surface area contributed by atoms with E-state index < -0.39 is 0 Å². The van der Waals surface area contributed by atoms with E-state index in [1.54, 1.807) is 0 Å². The van der Waals surface area contributed by atoms with E-state index in [2.05, 4.69) is 15.3 Å². The molecule has 2 aromatic carbocycles. The van der Waals surface area contributed by atoms with Crippen molar-refractivity contribution in [2.75, 3.05) is 5.32 Å². The van der Waals surface area contributed by atoms with Crippen LogP contribution in [0.2, 0.25) is 0 Å². The lowest BCUT2D eigenvalue weighted by atomic mass is 10.1. The van der Waals surface area contributed by atoms with Crippen LogP contribution in [0.5, 0.6) is 0 Å². The first-order valence-corrected chi connectivity index (χ1v) is 9.03. The van der Waals surface area contributed by atoms with Gasteiger partial charge in [-0.1, -0.05) is 42.1 Å². The first kappa shape index (κ1) is 18.1. The van der Waals surface area contributed by atoms with Crippen LogP contribution in [0.1, 0.15) is 12.7 Å². The number of hydrogen-bond acceptors (Lipinski definition) is 4. The Morgan fingerprint density at radius 3 is 2.46 bits per heavy atom. The van der Waals surface area contributed by atoms with Crippen LogP contribution >= 0.6 is 11.8 Å². The summed E-state index contributed by atoms with van der Waals surface area (Å²) in [6, 6.07) is 17.4. The van der Waals surface area contributed by atoms with Crippen molar-refractivity contribution in [3.63, 3.8) is 0 Å². The Morgan fingerprint density at radius 2 is 1.77 bits per heavy atom. The molecule has 1 unspecified atom stereocenters. The average Bonchev–Trinajstić information content (AvgIpc) is 2.64. The smallest absolute Gasteiger partial charge is 0.237 e. The third-order valence-electron chi connectivity index (χ3n) is 3.66. The zero-order chi connectivity index (χ0) is 18.5. The molecule has 0 aliphatic heterocycles. The highest BCUT2D eigenvalue weighted by Crippen LogP contribution is 2.26. The van der Waals surface area contributed by atoms with Crippen LogP contribution in [0.4, 0.5) is 10.1 Å². The van der Waals surface area contributed by atoms with Gasteiger partial charge in [-0.15, -0.1) is 0 Å². The number of rotatable bonds is 5. The molecule has 0 radical (unpaired) electrons. The summed E-state index contributed by atoms with van der Waals surface area (Å²) in [5.41, 5.74) is 2.39. The zero-order valence-corrected chi connectivity index (χ0v) is 15.3. The fourth-order valence-electron chi connectivity index (χ4n) is 2.37. The lowest BCUT2D eigenvalue weighted by Crippen LogP contribution is -2.22. The van der Waals surface area contributed by atoms with Crippen molar-refractivity contribution < 1.29 is 9.18 Å². The molecule has 0 saturated heterocycles. The van der Waals surface area contributed by atoms with Crippen molar-refractivity contribution in [2.24, 2.45) is 0 Å². The molecule has 1 aromatic heterocycles. The number of aromatic nitrogens is 2. The first-order valence-electron chi connectivity index (χ1n) is 8.15. The molecule has 0 saturated carbocycles. The Balaban J connectivity index is 1.72. The molecular formula is C20H18FN3OS. The van der Waals surface area contributed by atoms with E-state index in [-0.39, 0.29) is 17.0 Å². The van der Waals surface area contributed by atoms with Gasteiger partial charge in [0.1, 0.15) is 16.7 Å². The van der Waals surface area contributed by atoms with Crippen LogP contribution in [-0.4, -0.2) is 21.1 Å². The summed E-state index contributed by atoms with van der Waals surface area (Å²) < 4.78 is 13.0. The molecule has 1 N–H and O–H groups in total. The molecule has 0 bridgehead atoms. The fourth-order valence-corrected chi connectivity index (χ4v) is 3.26. The maximum atomic E-state index is 13.0. The predicted octanol–water partition coefficient (Wildman–Crippen LogP) is 4.71. The SMILES string of the molecule is Cc1nc(SC(C)C(=O)Nc2ccc(F)cc2)cc(-c2ccccc2)n1. The van der Waals surface area contributed by atoms with E-state index in [4.69, 9.17) is 0 Å². The predicted molar refractivity (Wildman–Crippen MR) is 103 cm³/mol. The molecule has 1 heterocycles. The summed E-state index contributed by atoms with van der Waals surface area (Å²) >= 11 is 1.36. The number of nitrogens with zero attached hydrogens (tertiary/aromatic N) is 2. The number of hydrogen-bond donors (Lipinski definition) is 1. The fraction of sp³-hybridized carbons (Fsp3) is 0.150. The lowest BCUT2D eigenvalue weighted by molar-refractivity contribution is -0.115. The second-order valence-electron chi connectivity index (χ2n) is 5.76. The Morgan fingerprint density at radius 1 is 1.08 bits per heavy atom. The number of aryl methyl sites for hydroxylation is 1. The summed E-state index contributed by atoms with van der Waals surface area (Å²) in [5, 5.41) is 3.15. The minimum Gasteiger partial charge on any atom is -0.325 e. The van der Waals surface area contributed by atoms with Crippen LogP contribution in [0.3, 0.4) is 0 Å². The van der Waals surface area contributed by atoms with Gasteiger partial charge in [-0.25, -0.2) is 14.4 Å². The zero-order valence-electron chi connectivity index (χ0n) is 14.4. The topological polar surface area (TPSA) is 54.9 Å². The summed E-state index contributed by atoms with van der Waals surface area (Å²) in [5.74, 6) is 0.148. The molecule has 0 aliphatic carbocycles. The molecule has 1 amide bonds. The van der Waals surface area contributed by atoms with Gasteiger partial charge in [-0.3, -0.25) is 4.79 Å². The number of anilines is 1. The summed E-state index contributed by atoms with van der Waals surface area (Å²) in [7, 11) is 0. The van der Waals surface area contributed by atoms with E-state index in [9.17, 15) is 9.18 Å². The lowest BCUT2D eigenvalue weighted by Gasteiger charge is -2.12. The van der Waals surface area contributed by atoms with Crippen molar-refractivity contribution in [3.8, 4) is 11.3 Å². The minimum absolute atomic E-state index is 0.167. The first-order chi connectivity index (χ1) is 12.5. The van der Waals surface area contributed by atoms with Crippen LogP contribution in [0.15, 0.2) is 65.7 Å². The highest BCUT2D eigenvalue weighted by Gasteiger charge is 2.16. The second kappa shape index (κ2) is 8.10. The van der Waals surface area contributed by atoms with Gasteiger partial charge >= 0.3 is 0 Å². The van der Waals surface area contributed by atoms with Gasteiger partial charge in [0.25, 0.3) is 0 Å². The number of carbonyl (C=O) groups is 1. The summed E-state index contributed by atoms with van der Waals surface area (Å²) in [6.07, 6.45) is 0. The third-order valence-corrected chi connectivity index (χ3v) is 4.68. The third kappa shape index (κ3) is 4.67. The minimum atomic E-state index is -0.363. The number of amides is 1. The van der Waals surface area contributed by atoms with Gasteiger partial charge in [0.05, 0.1) is 10.9 Å². The molecule has 0 spiro atoms. The van der Waals surface area contributed by atoms with Gasteiger partial charge in [0, 0.05) is 11.3 Å². The van der Waals surface area contributed by atoms with E-state index in [0.29, 0.717) is 11.5 Å². The number of halogens is 1. The van der Waals surface area contributed by atoms with Crippen LogP contribution in [0, 0.1) is 12.7 Å². The largest absolute Gasteiger partial charge is 0.325 e. The van der Waals surface area contributed by atoms with E-state index in [1.807, 2.05) is 50.2 Å². The van der Waals surface area contributed by atoms with E-state index in [1.165, 1.54) is 36.0 Å². The molecule has 4 nitrogen and oxygen atoms in total. The molecule has 0 fully saturated rings. The maximum Gasteiger partial charge on any atom is 0.237 e. The van der Waals surface area contributed by atoms with Crippen molar-refractivity contribution >= 4 is 23.4 Å². The normalized spacial score (nSPS) is 11.8.